The van der Waals surface area contributed by atoms with E-state index in [4.69, 9.17) is 24.7 Å². The summed E-state index contributed by atoms with van der Waals surface area (Å²) in [6.07, 6.45) is 4.76. The molecule has 0 amide bonds. The van der Waals surface area contributed by atoms with Crippen molar-refractivity contribution < 1.29 is 14.0 Å². The molecule has 1 aliphatic rings. The molecule has 4 heterocycles. The van der Waals surface area contributed by atoms with Gasteiger partial charge in [-0.1, -0.05) is 37.7 Å². The van der Waals surface area contributed by atoms with Crippen molar-refractivity contribution in [2.75, 3.05) is 32.0 Å². The van der Waals surface area contributed by atoms with Crippen LogP contribution in [0.3, 0.4) is 0 Å². The maximum absolute atomic E-state index is 6.13. The number of aromatic nitrogens is 5. The summed E-state index contributed by atoms with van der Waals surface area (Å²) in [6.45, 7) is 9.98. The van der Waals surface area contributed by atoms with Gasteiger partial charge in [0.25, 0.3) is 0 Å². The van der Waals surface area contributed by atoms with E-state index in [1.165, 1.54) is 18.1 Å². The van der Waals surface area contributed by atoms with E-state index in [2.05, 4.69) is 45.8 Å². The second-order valence-corrected chi connectivity index (χ2v) is 10.2. The molecule has 10 nitrogen and oxygen atoms in total. The highest BCUT2D eigenvalue weighted by atomic mass is 32.2. The molecule has 0 fully saturated rings. The summed E-state index contributed by atoms with van der Waals surface area (Å²) in [6, 6.07) is 3.92. The van der Waals surface area contributed by atoms with Crippen molar-refractivity contribution in [3.05, 3.63) is 30.9 Å². The molecule has 34 heavy (non-hydrogen) atoms. The Morgan fingerprint density at radius 1 is 1.15 bits per heavy atom. The van der Waals surface area contributed by atoms with Gasteiger partial charge >= 0.3 is 0 Å². The highest BCUT2D eigenvalue weighted by Gasteiger charge is 2.22. The van der Waals surface area contributed by atoms with E-state index in [0.717, 1.165) is 34.3 Å². The molecule has 0 atom stereocenters. The van der Waals surface area contributed by atoms with E-state index in [1.807, 2.05) is 12.1 Å². The number of nitrogens with zero attached hydrogens (tertiary/aromatic N) is 5. The number of imidazole rings is 1. The second-order valence-electron chi connectivity index (χ2n) is 9.22. The zero-order valence-corrected chi connectivity index (χ0v) is 20.2. The summed E-state index contributed by atoms with van der Waals surface area (Å²) in [5.74, 6) is 1.75. The Morgan fingerprint density at radius 2 is 1.94 bits per heavy atom. The minimum atomic E-state index is 0.194. The molecule has 5 rings (SSSR count). The molecule has 1 aliphatic heterocycles. The molecule has 4 aromatic rings. The maximum atomic E-state index is 6.13. The summed E-state index contributed by atoms with van der Waals surface area (Å²) in [4.78, 5) is 14.3. The first-order valence-corrected chi connectivity index (χ1v) is 11.9. The Hall–Kier alpha value is -3.31. The van der Waals surface area contributed by atoms with Crippen LogP contribution in [0.4, 0.5) is 5.82 Å². The van der Waals surface area contributed by atoms with Crippen LogP contribution in [0.2, 0.25) is 0 Å². The van der Waals surface area contributed by atoms with E-state index < -0.39 is 0 Å². The van der Waals surface area contributed by atoms with E-state index in [9.17, 15) is 0 Å². The normalized spacial score (nSPS) is 13.5. The van der Waals surface area contributed by atoms with Gasteiger partial charge in [-0.05, 0) is 17.5 Å². The zero-order valence-electron chi connectivity index (χ0n) is 19.4. The Bertz CT molecular complexity index is 1300. The van der Waals surface area contributed by atoms with Gasteiger partial charge in [-0.25, -0.2) is 15.0 Å². The van der Waals surface area contributed by atoms with E-state index >= 15 is 0 Å². The van der Waals surface area contributed by atoms with E-state index in [0.29, 0.717) is 48.2 Å². The number of ether oxygens (including phenoxy) is 2. The molecule has 0 bridgehead atoms. The van der Waals surface area contributed by atoms with Crippen LogP contribution < -0.4 is 20.5 Å². The topological polar surface area (TPSA) is 126 Å². The summed E-state index contributed by atoms with van der Waals surface area (Å²) >= 11 is 1.51. The van der Waals surface area contributed by atoms with Crippen LogP contribution in [0.15, 0.2) is 45.5 Å². The van der Waals surface area contributed by atoms with Crippen molar-refractivity contribution >= 4 is 28.7 Å². The number of rotatable bonds is 7. The highest BCUT2D eigenvalue weighted by Crippen LogP contribution is 2.44. The molecule has 0 aliphatic carbocycles. The fraction of sp³-hybridized carbons (Fsp3) is 0.391. The highest BCUT2D eigenvalue weighted by molar-refractivity contribution is 7.99. The van der Waals surface area contributed by atoms with Crippen molar-refractivity contribution in [2.45, 2.75) is 37.4 Å². The number of fused-ring (bicyclic) bond motifs is 2. The van der Waals surface area contributed by atoms with Crippen LogP contribution in [-0.2, 0) is 6.54 Å². The van der Waals surface area contributed by atoms with Gasteiger partial charge in [0.15, 0.2) is 33.6 Å². The second kappa shape index (κ2) is 9.15. The predicted molar refractivity (Wildman–Crippen MR) is 129 cm³/mol. The number of nitrogens with two attached hydrogens (primary N) is 1. The largest absolute Gasteiger partial charge is 0.486 e. The van der Waals surface area contributed by atoms with Crippen LogP contribution in [0, 0.1) is 5.41 Å². The first-order valence-electron chi connectivity index (χ1n) is 11.1. The molecule has 3 aromatic heterocycles. The van der Waals surface area contributed by atoms with Crippen LogP contribution >= 0.6 is 11.8 Å². The molecule has 1 aromatic carbocycles. The van der Waals surface area contributed by atoms with Crippen LogP contribution in [0.1, 0.15) is 20.8 Å². The zero-order chi connectivity index (χ0) is 23.7. The van der Waals surface area contributed by atoms with Crippen molar-refractivity contribution in [2.24, 2.45) is 5.41 Å². The average Bonchev–Trinajstić information content (AvgIpc) is 3.45. The SMILES string of the molecule is CC(C)(C)CNCCn1c(Sc2cc3c(cc2-c2cnoc2)OCCO3)nc2c(N)ncnc21. The van der Waals surface area contributed by atoms with Crippen LogP contribution in [-0.4, -0.2) is 51.0 Å². The van der Waals surface area contributed by atoms with E-state index in [1.54, 1.807) is 12.5 Å². The molecule has 0 spiro atoms. The lowest BCUT2D eigenvalue weighted by molar-refractivity contribution is 0.171. The van der Waals surface area contributed by atoms with Crippen molar-refractivity contribution in [1.29, 1.82) is 0 Å². The average molecular weight is 482 g/mol. The standard InChI is InChI=1S/C23H27N7O3S/c1-23(2,3)12-25-4-5-30-21-19(20(24)26-13-27-21)29-22(30)34-18-9-17-16(31-6-7-32-17)8-15(18)14-10-28-33-11-14/h8-11,13,25H,4-7,12H2,1-3H3,(H2,24,26,27). The van der Waals surface area contributed by atoms with Gasteiger partial charge in [-0.3, -0.25) is 0 Å². The van der Waals surface area contributed by atoms with Crippen LogP contribution in [0.5, 0.6) is 11.5 Å². The summed E-state index contributed by atoms with van der Waals surface area (Å²) in [5.41, 5.74) is 9.38. The maximum Gasteiger partial charge on any atom is 0.175 e. The lowest BCUT2D eigenvalue weighted by Gasteiger charge is -2.21. The quantitative estimate of drug-likeness (QED) is 0.378. The lowest BCUT2D eigenvalue weighted by Crippen LogP contribution is -2.29. The fourth-order valence-electron chi connectivity index (χ4n) is 3.68. The first kappa shape index (κ1) is 22.5. The van der Waals surface area contributed by atoms with Gasteiger partial charge < -0.3 is 29.6 Å². The minimum absolute atomic E-state index is 0.194. The number of nitrogens with one attached hydrogen (secondary N) is 1. The third kappa shape index (κ3) is 4.66. The number of hydrogen-bond acceptors (Lipinski definition) is 10. The van der Waals surface area contributed by atoms with Gasteiger partial charge in [-0.2, -0.15) is 0 Å². The summed E-state index contributed by atoms with van der Waals surface area (Å²) in [7, 11) is 0. The van der Waals surface area contributed by atoms with Gasteiger partial charge in [0.05, 0.1) is 6.20 Å². The molecule has 11 heteroatoms. The van der Waals surface area contributed by atoms with Gasteiger partial charge in [0, 0.05) is 35.7 Å². The predicted octanol–water partition coefficient (Wildman–Crippen LogP) is 3.62. The van der Waals surface area contributed by atoms with Gasteiger partial charge in [0.2, 0.25) is 0 Å². The van der Waals surface area contributed by atoms with Crippen molar-refractivity contribution in [3.8, 4) is 22.6 Å². The van der Waals surface area contributed by atoms with Crippen LogP contribution in [0.25, 0.3) is 22.3 Å². The molecule has 0 saturated heterocycles. The molecule has 3 N–H and O–H groups in total. The molecular formula is C23H27N7O3S. The number of hydrogen-bond donors (Lipinski definition) is 2. The fourth-order valence-corrected chi connectivity index (χ4v) is 4.76. The number of benzene rings is 1. The Labute approximate surface area is 201 Å². The lowest BCUT2D eigenvalue weighted by atomic mass is 9.97. The summed E-state index contributed by atoms with van der Waals surface area (Å²) in [5, 5.41) is 8.15. The smallest absolute Gasteiger partial charge is 0.175 e. The minimum Gasteiger partial charge on any atom is -0.486 e. The molecule has 178 valence electrons. The molecule has 0 unspecified atom stereocenters. The molecule has 0 saturated carbocycles. The van der Waals surface area contributed by atoms with Crippen molar-refractivity contribution in [3.63, 3.8) is 0 Å². The number of anilines is 1. The summed E-state index contributed by atoms with van der Waals surface area (Å²) < 4.78 is 18.8. The third-order valence-corrected chi connectivity index (χ3v) is 6.33. The van der Waals surface area contributed by atoms with Gasteiger partial charge in [-0.15, -0.1) is 0 Å². The third-order valence-electron chi connectivity index (χ3n) is 5.28. The van der Waals surface area contributed by atoms with Crippen molar-refractivity contribution in [1.82, 2.24) is 30.0 Å². The van der Waals surface area contributed by atoms with E-state index in [-0.39, 0.29) is 5.41 Å². The first-order chi connectivity index (χ1) is 16.4. The number of nitrogen functional groups attached to an aromatic ring is 1. The molecule has 0 radical (unpaired) electrons. The van der Waals surface area contributed by atoms with Gasteiger partial charge in [0.1, 0.15) is 25.8 Å². The molecular weight excluding hydrogens is 454 g/mol. The Kier molecular flexibility index (Phi) is 6.05. The Balaban J connectivity index is 1.53. The monoisotopic (exact) mass is 481 g/mol. The Morgan fingerprint density at radius 3 is 2.68 bits per heavy atom.